The summed E-state index contributed by atoms with van der Waals surface area (Å²) in [7, 11) is 0. The first-order valence-corrected chi connectivity index (χ1v) is 10.4. The van der Waals surface area contributed by atoms with E-state index in [1.807, 2.05) is 29.9 Å². The van der Waals surface area contributed by atoms with Crippen molar-refractivity contribution in [1.29, 1.82) is 0 Å². The minimum atomic E-state index is -0.987. The van der Waals surface area contributed by atoms with Crippen LogP contribution in [0, 0.1) is 5.82 Å². The second-order valence-electron chi connectivity index (χ2n) is 8.06. The van der Waals surface area contributed by atoms with Gasteiger partial charge in [-0.05, 0) is 56.2 Å². The topological polar surface area (TPSA) is 79.6 Å². The number of hydrogen-bond acceptors (Lipinski definition) is 4. The fraction of sp³-hybridized carbons (Fsp3) is 0.304. The summed E-state index contributed by atoms with van der Waals surface area (Å²) >= 11 is 0. The van der Waals surface area contributed by atoms with Crippen LogP contribution in [0.25, 0.3) is 11.1 Å². The van der Waals surface area contributed by atoms with E-state index in [1.54, 1.807) is 18.3 Å². The zero-order valence-corrected chi connectivity index (χ0v) is 17.1. The number of ether oxygens (including phenoxy) is 1. The summed E-state index contributed by atoms with van der Waals surface area (Å²) in [4.78, 5) is 13.3. The second-order valence-corrected chi connectivity index (χ2v) is 8.06. The fourth-order valence-electron chi connectivity index (χ4n) is 4.20. The van der Waals surface area contributed by atoms with Crippen LogP contribution in [0.15, 0.2) is 48.8 Å². The Morgan fingerprint density at radius 3 is 2.68 bits per heavy atom. The Bertz CT molecular complexity index is 1120. The Morgan fingerprint density at radius 1 is 1.23 bits per heavy atom. The Balaban J connectivity index is 1.62. The number of benzene rings is 2. The highest BCUT2D eigenvalue weighted by atomic mass is 19.1. The van der Waals surface area contributed by atoms with Crippen LogP contribution in [-0.4, -0.2) is 40.1 Å². The van der Waals surface area contributed by atoms with Gasteiger partial charge >= 0.3 is 6.09 Å². The Kier molecular flexibility index (Phi) is 4.86. The van der Waals surface area contributed by atoms with Gasteiger partial charge in [0.25, 0.3) is 0 Å². The zero-order valence-electron chi connectivity index (χ0n) is 17.1. The number of carbonyl (C=O) groups is 1. The van der Waals surface area contributed by atoms with E-state index in [2.05, 4.69) is 10.4 Å². The highest BCUT2D eigenvalue weighted by Gasteiger charge is 2.32. The molecule has 0 bridgehead atoms. The highest BCUT2D eigenvalue weighted by Crippen LogP contribution is 2.44. The largest absolute Gasteiger partial charge is 0.465 e. The van der Waals surface area contributed by atoms with Crippen LogP contribution < -0.4 is 15.0 Å². The average molecular weight is 422 g/mol. The second kappa shape index (κ2) is 7.70. The molecule has 3 heterocycles. The molecule has 7 nitrogen and oxygen atoms in total. The van der Waals surface area contributed by atoms with Crippen molar-refractivity contribution in [3.63, 3.8) is 0 Å². The maximum absolute atomic E-state index is 13.4. The van der Waals surface area contributed by atoms with Crippen molar-refractivity contribution in [2.24, 2.45) is 0 Å². The van der Waals surface area contributed by atoms with Gasteiger partial charge in [0.15, 0.2) is 0 Å². The third-order valence-electron chi connectivity index (χ3n) is 6.03. The minimum absolute atomic E-state index is 0.122. The highest BCUT2D eigenvalue weighted by molar-refractivity contribution is 5.91. The summed E-state index contributed by atoms with van der Waals surface area (Å²) in [5, 5.41) is 17.5. The molecule has 1 atom stereocenters. The molecule has 8 heteroatoms. The molecule has 2 N–H and O–H groups in total. The van der Waals surface area contributed by atoms with Gasteiger partial charge in [-0.25, -0.2) is 9.18 Å². The molecular weight excluding hydrogens is 399 g/mol. The predicted octanol–water partition coefficient (Wildman–Crippen LogP) is 4.44. The number of halogens is 1. The number of amides is 1. The molecular formula is C23H23FN4O3. The number of aromatic nitrogens is 2. The van der Waals surface area contributed by atoms with Gasteiger partial charge < -0.3 is 15.2 Å². The molecule has 31 heavy (non-hydrogen) atoms. The normalized spacial score (nSPS) is 18.4. The monoisotopic (exact) mass is 422 g/mol. The van der Waals surface area contributed by atoms with Crippen molar-refractivity contribution in [3.8, 4) is 22.6 Å². The number of nitrogens with one attached hydrogen (secondary N) is 1. The van der Waals surface area contributed by atoms with E-state index < -0.39 is 6.09 Å². The molecule has 0 saturated carbocycles. The molecule has 2 aromatic carbocycles. The van der Waals surface area contributed by atoms with Crippen molar-refractivity contribution in [1.82, 2.24) is 15.1 Å². The zero-order chi connectivity index (χ0) is 21.5. The molecule has 0 spiro atoms. The SMILES string of the molecule is CC1CCc2c(ccc(-c3cnn(C4CNC4)c3)c2Oc2ccc(F)cc2)N1C(=O)O. The van der Waals surface area contributed by atoms with E-state index in [9.17, 15) is 14.3 Å². The summed E-state index contributed by atoms with van der Waals surface area (Å²) in [6, 6.07) is 9.76. The quantitative estimate of drug-likeness (QED) is 0.650. The summed E-state index contributed by atoms with van der Waals surface area (Å²) in [6.45, 7) is 3.67. The first-order valence-electron chi connectivity index (χ1n) is 10.4. The number of anilines is 1. The molecule has 1 amide bonds. The van der Waals surface area contributed by atoms with Gasteiger partial charge in [0.1, 0.15) is 17.3 Å². The van der Waals surface area contributed by atoms with Crippen molar-refractivity contribution >= 4 is 11.8 Å². The number of fused-ring (bicyclic) bond motifs is 1. The van der Waals surface area contributed by atoms with E-state index in [1.165, 1.54) is 17.0 Å². The smallest absolute Gasteiger partial charge is 0.412 e. The first-order chi connectivity index (χ1) is 15.0. The molecule has 160 valence electrons. The molecule has 3 aromatic rings. The van der Waals surface area contributed by atoms with Gasteiger partial charge in [-0.1, -0.05) is 0 Å². The minimum Gasteiger partial charge on any atom is -0.465 e. The summed E-state index contributed by atoms with van der Waals surface area (Å²) < 4.78 is 21.6. The first kappa shape index (κ1) is 19.6. The van der Waals surface area contributed by atoms with E-state index >= 15 is 0 Å². The standard InChI is InChI=1S/C23H23FN4O3/c1-14-2-7-20-21(28(14)23(29)30)9-8-19(15-10-26-27(13-15)17-11-25-12-17)22(20)31-18-5-3-16(24)4-6-18/h3-6,8-10,13-14,17,25H,2,7,11-12H2,1H3,(H,29,30). The van der Waals surface area contributed by atoms with Crippen LogP contribution >= 0.6 is 0 Å². The maximum Gasteiger partial charge on any atom is 0.412 e. The molecule has 2 aliphatic heterocycles. The van der Waals surface area contributed by atoms with Crippen LogP contribution in [0.1, 0.15) is 24.9 Å². The fourth-order valence-corrected chi connectivity index (χ4v) is 4.20. The molecule has 1 fully saturated rings. The van der Waals surface area contributed by atoms with Gasteiger partial charge in [0.05, 0.1) is 17.9 Å². The summed E-state index contributed by atoms with van der Waals surface area (Å²) in [5.41, 5.74) is 3.19. The molecule has 0 radical (unpaired) electrons. The average Bonchev–Trinajstić information content (AvgIpc) is 3.17. The molecule has 2 aliphatic rings. The van der Waals surface area contributed by atoms with Crippen molar-refractivity contribution in [2.75, 3.05) is 18.0 Å². The number of rotatable bonds is 4. The van der Waals surface area contributed by atoms with E-state index in [4.69, 9.17) is 4.74 Å². The lowest BCUT2D eigenvalue weighted by molar-refractivity contribution is 0.198. The van der Waals surface area contributed by atoms with Gasteiger partial charge in [-0.2, -0.15) is 5.10 Å². The third-order valence-corrected chi connectivity index (χ3v) is 6.03. The van der Waals surface area contributed by atoms with Crippen molar-refractivity contribution in [2.45, 2.75) is 31.8 Å². The lowest BCUT2D eigenvalue weighted by Gasteiger charge is -2.34. The van der Waals surface area contributed by atoms with E-state index in [-0.39, 0.29) is 11.9 Å². The van der Waals surface area contributed by atoms with Crippen LogP contribution in [-0.2, 0) is 6.42 Å². The van der Waals surface area contributed by atoms with Crippen LogP contribution in [0.3, 0.4) is 0 Å². The number of nitrogens with zero attached hydrogens (tertiary/aromatic N) is 3. The van der Waals surface area contributed by atoms with Crippen LogP contribution in [0.2, 0.25) is 0 Å². The van der Waals surface area contributed by atoms with Gasteiger partial charge in [-0.15, -0.1) is 0 Å². The molecule has 5 rings (SSSR count). The third kappa shape index (κ3) is 3.53. The lowest BCUT2D eigenvalue weighted by atomic mass is 9.92. The van der Waals surface area contributed by atoms with Crippen LogP contribution in [0.4, 0.5) is 14.9 Å². The number of hydrogen-bond donors (Lipinski definition) is 2. The van der Waals surface area contributed by atoms with Gasteiger partial charge in [0.2, 0.25) is 0 Å². The summed E-state index contributed by atoms with van der Waals surface area (Å²) in [5.74, 6) is 0.740. The maximum atomic E-state index is 13.4. The van der Waals surface area contributed by atoms with Gasteiger partial charge in [0, 0.05) is 42.0 Å². The molecule has 1 unspecified atom stereocenters. The molecule has 1 aromatic heterocycles. The van der Waals surface area contributed by atoms with Crippen molar-refractivity contribution in [3.05, 3.63) is 60.2 Å². The molecule has 1 saturated heterocycles. The predicted molar refractivity (Wildman–Crippen MR) is 114 cm³/mol. The van der Waals surface area contributed by atoms with Crippen molar-refractivity contribution < 1.29 is 19.0 Å². The Labute approximate surface area is 179 Å². The Hall–Kier alpha value is -3.39. The van der Waals surface area contributed by atoms with Crippen LogP contribution in [0.5, 0.6) is 11.5 Å². The van der Waals surface area contributed by atoms with E-state index in [0.717, 1.165) is 29.8 Å². The lowest BCUT2D eigenvalue weighted by Crippen LogP contribution is -2.43. The van der Waals surface area contributed by atoms with Gasteiger partial charge in [-0.3, -0.25) is 9.58 Å². The number of carboxylic acid groups (broad SMARTS) is 1. The Morgan fingerprint density at radius 2 is 2.00 bits per heavy atom. The molecule has 0 aliphatic carbocycles. The van der Waals surface area contributed by atoms with E-state index in [0.29, 0.717) is 36.1 Å². The summed E-state index contributed by atoms with van der Waals surface area (Å²) in [6.07, 6.45) is 4.18.